The van der Waals surface area contributed by atoms with Crippen LogP contribution in [0.5, 0.6) is 0 Å². The van der Waals surface area contributed by atoms with Gasteiger partial charge < -0.3 is 9.84 Å². The predicted molar refractivity (Wildman–Crippen MR) is 57.4 cm³/mol. The minimum Gasteiger partial charge on any atom is -0.467 e. The Bertz CT molecular complexity index is 342. The molecule has 1 rings (SSSR count). The lowest BCUT2D eigenvalue weighted by molar-refractivity contribution is -0.164. The summed E-state index contributed by atoms with van der Waals surface area (Å²) in [4.78, 5) is 11.5. The zero-order chi connectivity index (χ0) is 11.5. The lowest BCUT2D eigenvalue weighted by Gasteiger charge is -2.24. The van der Waals surface area contributed by atoms with Crippen LogP contribution in [0.25, 0.3) is 0 Å². The first-order valence-electron chi connectivity index (χ1n) is 4.92. The minimum atomic E-state index is -1.53. The topological polar surface area (TPSA) is 46.5 Å². The average molecular weight is 208 g/mol. The van der Waals surface area contributed by atoms with Gasteiger partial charge in [0, 0.05) is 0 Å². The van der Waals surface area contributed by atoms with E-state index in [4.69, 9.17) is 0 Å². The Morgan fingerprint density at radius 1 is 1.40 bits per heavy atom. The highest BCUT2D eigenvalue weighted by Crippen LogP contribution is 2.26. The lowest BCUT2D eigenvalue weighted by atomic mass is 9.91. The molecule has 1 aromatic rings. The van der Waals surface area contributed by atoms with Crippen LogP contribution in [0.2, 0.25) is 0 Å². The van der Waals surface area contributed by atoms with Crippen molar-refractivity contribution >= 4 is 5.97 Å². The first-order valence-corrected chi connectivity index (χ1v) is 4.92. The maximum atomic E-state index is 11.5. The third-order valence-corrected chi connectivity index (χ3v) is 2.56. The van der Waals surface area contributed by atoms with Crippen LogP contribution in [-0.4, -0.2) is 18.2 Å². The summed E-state index contributed by atoms with van der Waals surface area (Å²) in [7, 11) is 1.27. The molecule has 0 saturated carbocycles. The lowest BCUT2D eigenvalue weighted by Crippen LogP contribution is -2.36. The van der Waals surface area contributed by atoms with Gasteiger partial charge in [0.25, 0.3) is 0 Å². The Labute approximate surface area is 89.7 Å². The van der Waals surface area contributed by atoms with Crippen molar-refractivity contribution in [1.29, 1.82) is 0 Å². The van der Waals surface area contributed by atoms with Crippen molar-refractivity contribution < 1.29 is 14.6 Å². The molecule has 3 nitrogen and oxygen atoms in total. The molecule has 1 aromatic carbocycles. The van der Waals surface area contributed by atoms with Crippen LogP contribution in [0, 0.1) is 6.92 Å². The van der Waals surface area contributed by atoms with Crippen LogP contribution in [0.15, 0.2) is 24.3 Å². The number of carbonyl (C=O) groups excluding carboxylic acids is 1. The number of carbonyl (C=O) groups is 1. The standard InChI is InChI=1S/C12H16O3/c1-4-12(14,11(13)15-3)10-7-5-9(2)6-8-10/h5-8,14H,4H2,1-3H3. The monoisotopic (exact) mass is 208 g/mol. The summed E-state index contributed by atoms with van der Waals surface area (Å²) in [5, 5.41) is 10.2. The maximum absolute atomic E-state index is 11.5. The van der Waals surface area contributed by atoms with Crippen molar-refractivity contribution in [2.75, 3.05) is 7.11 Å². The highest BCUT2D eigenvalue weighted by atomic mass is 16.5. The van der Waals surface area contributed by atoms with E-state index in [1.165, 1.54) is 7.11 Å². The average Bonchev–Trinajstić information content (AvgIpc) is 2.27. The zero-order valence-corrected chi connectivity index (χ0v) is 9.28. The summed E-state index contributed by atoms with van der Waals surface area (Å²) in [6.45, 7) is 3.70. The van der Waals surface area contributed by atoms with Gasteiger partial charge in [0.05, 0.1) is 7.11 Å². The quantitative estimate of drug-likeness (QED) is 0.770. The van der Waals surface area contributed by atoms with Crippen LogP contribution in [0.4, 0.5) is 0 Å². The molecule has 0 saturated heterocycles. The van der Waals surface area contributed by atoms with Crippen molar-refractivity contribution in [2.45, 2.75) is 25.9 Å². The van der Waals surface area contributed by atoms with Crippen molar-refractivity contribution in [3.05, 3.63) is 35.4 Å². The van der Waals surface area contributed by atoms with Crippen molar-refractivity contribution in [2.24, 2.45) is 0 Å². The van der Waals surface area contributed by atoms with Gasteiger partial charge in [-0.15, -0.1) is 0 Å². The molecule has 0 aliphatic carbocycles. The number of esters is 1. The number of aliphatic hydroxyl groups is 1. The fraction of sp³-hybridized carbons (Fsp3) is 0.417. The minimum absolute atomic E-state index is 0.294. The Hall–Kier alpha value is -1.35. The zero-order valence-electron chi connectivity index (χ0n) is 9.28. The normalized spacial score (nSPS) is 14.4. The van der Waals surface area contributed by atoms with Crippen molar-refractivity contribution in [1.82, 2.24) is 0 Å². The maximum Gasteiger partial charge on any atom is 0.342 e. The largest absolute Gasteiger partial charge is 0.467 e. The van der Waals surface area contributed by atoms with Gasteiger partial charge in [-0.1, -0.05) is 36.8 Å². The van der Waals surface area contributed by atoms with E-state index in [9.17, 15) is 9.90 Å². The van der Waals surface area contributed by atoms with E-state index in [1.54, 1.807) is 19.1 Å². The molecule has 0 heterocycles. The van der Waals surface area contributed by atoms with Gasteiger partial charge in [-0.05, 0) is 18.9 Å². The second-order valence-electron chi connectivity index (χ2n) is 3.57. The first-order chi connectivity index (χ1) is 7.04. The summed E-state index contributed by atoms with van der Waals surface area (Å²) >= 11 is 0. The third-order valence-electron chi connectivity index (χ3n) is 2.56. The molecule has 0 aromatic heterocycles. The molecule has 1 atom stereocenters. The van der Waals surface area contributed by atoms with Crippen LogP contribution in [0.1, 0.15) is 24.5 Å². The molecular weight excluding hydrogens is 192 g/mol. The number of hydrogen-bond acceptors (Lipinski definition) is 3. The fourth-order valence-corrected chi connectivity index (χ4v) is 1.46. The van der Waals surface area contributed by atoms with Crippen LogP contribution < -0.4 is 0 Å². The Kier molecular flexibility index (Phi) is 3.48. The van der Waals surface area contributed by atoms with Crippen LogP contribution in [0.3, 0.4) is 0 Å². The Balaban J connectivity index is 3.11. The van der Waals surface area contributed by atoms with Gasteiger partial charge in [-0.25, -0.2) is 4.79 Å². The molecule has 0 bridgehead atoms. The summed E-state index contributed by atoms with van der Waals surface area (Å²) < 4.78 is 4.60. The van der Waals surface area contributed by atoms with Gasteiger partial charge in [0.1, 0.15) is 0 Å². The van der Waals surface area contributed by atoms with E-state index in [1.807, 2.05) is 19.1 Å². The molecule has 15 heavy (non-hydrogen) atoms. The molecule has 1 unspecified atom stereocenters. The summed E-state index contributed by atoms with van der Waals surface area (Å²) in [5.41, 5.74) is 0.132. The highest BCUT2D eigenvalue weighted by molar-refractivity contribution is 5.80. The van der Waals surface area contributed by atoms with Crippen molar-refractivity contribution in [3.8, 4) is 0 Å². The summed E-state index contributed by atoms with van der Waals surface area (Å²) in [6.07, 6.45) is 0.294. The Morgan fingerprint density at radius 3 is 2.33 bits per heavy atom. The molecular formula is C12H16O3. The molecule has 0 aliphatic heterocycles. The number of hydrogen-bond donors (Lipinski definition) is 1. The number of methoxy groups -OCH3 is 1. The summed E-state index contributed by atoms with van der Waals surface area (Å²) in [6, 6.07) is 7.21. The number of benzene rings is 1. The number of aryl methyl sites for hydroxylation is 1. The van der Waals surface area contributed by atoms with Gasteiger partial charge >= 0.3 is 5.97 Å². The Morgan fingerprint density at radius 2 is 1.93 bits per heavy atom. The number of rotatable bonds is 3. The molecule has 0 radical (unpaired) electrons. The smallest absolute Gasteiger partial charge is 0.342 e. The van der Waals surface area contributed by atoms with E-state index in [0.717, 1.165) is 5.56 Å². The molecule has 0 fully saturated rings. The predicted octanol–water partition coefficient (Wildman–Crippen LogP) is 1.77. The third kappa shape index (κ3) is 2.18. The molecule has 3 heteroatoms. The van der Waals surface area contributed by atoms with Gasteiger partial charge in [0.15, 0.2) is 5.60 Å². The van der Waals surface area contributed by atoms with E-state index in [0.29, 0.717) is 12.0 Å². The molecule has 0 aliphatic rings. The van der Waals surface area contributed by atoms with Crippen LogP contribution >= 0.6 is 0 Å². The highest BCUT2D eigenvalue weighted by Gasteiger charge is 2.37. The van der Waals surface area contributed by atoms with E-state index in [-0.39, 0.29) is 0 Å². The van der Waals surface area contributed by atoms with Crippen molar-refractivity contribution in [3.63, 3.8) is 0 Å². The SMILES string of the molecule is CCC(O)(C(=O)OC)c1ccc(C)cc1. The second kappa shape index (κ2) is 4.45. The van der Waals surface area contributed by atoms with Gasteiger partial charge in [0.2, 0.25) is 0 Å². The van der Waals surface area contributed by atoms with Gasteiger partial charge in [-0.2, -0.15) is 0 Å². The van der Waals surface area contributed by atoms with E-state index >= 15 is 0 Å². The molecule has 82 valence electrons. The van der Waals surface area contributed by atoms with E-state index < -0.39 is 11.6 Å². The van der Waals surface area contributed by atoms with Gasteiger partial charge in [-0.3, -0.25) is 0 Å². The number of ether oxygens (including phenoxy) is 1. The summed E-state index contributed by atoms with van der Waals surface area (Å²) in [5.74, 6) is -0.617. The van der Waals surface area contributed by atoms with E-state index in [2.05, 4.69) is 4.74 Å². The molecule has 0 spiro atoms. The first kappa shape index (κ1) is 11.7. The molecule has 1 N–H and O–H groups in total. The van der Waals surface area contributed by atoms with Crippen LogP contribution in [-0.2, 0) is 15.1 Å². The second-order valence-corrected chi connectivity index (χ2v) is 3.57. The molecule has 0 amide bonds. The fourth-order valence-electron chi connectivity index (χ4n) is 1.46.